The van der Waals surface area contributed by atoms with E-state index in [1.807, 2.05) is 12.1 Å². The third-order valence-corrected chi connectivity index (χ3v) is 5.30. The van der Waals surface area contributed by atoms with Crippen molar-refractivity contribution < 1.29 is 19.5 Å². The van der Waals surface area contributed by atoms with E-state index in [0.29, 0.717) is 32.1 Å². The summed E-state index contributed by atoms with van der Waals surface area (Å²) in [7, 11) is 0. The first-order valence-corrected chi connectivity index (χ1v) is 8.85. The molecule has 6 heteroatoms. The van der Waals surface area contributed by atoms with Crippen molar-refractivity contribution in [3.8, 4) is 0 Å². The third-order valence-electron chi connectivity index (χ3n) is 5.30. The normalized spacial score (nSPS) is 22.5. The summed E-state index contributed by atoms with van der Waals surface area (Å²) in [6.07, 6.45) is 3.85. The van der Waals surface area contributed by atoms with E-state index in [1.165, 1.54) is 11.1 Å². The largest absolute Gasteiger partial charge is 0.481 e. The van der Waals surface area contributed by atoms with Gasteiger partial charge in [0.25, 0.3) is 0 Å². The first-order chi connectivity index (χ1) is 12.0. The second-order valence-corrected chi connectivity index (χ2v) is 7.16. The minimum atomic E-state index is -0.881. The summed E-state index contributed by atoms with van der Waals surface area (Å²) in [5.41, 5.74) is 2.02. The molecule has 0 unspecified atom stereocenters. The van der Waals surface area contributed by atoms with Crippen LogP contribution in [0, 0.1) is 0 Å². The van der Waals surface area contributed by atoms with Gasteiger partial charge in [-0.15, -0.1) is 0 Å². The van der Waals surface area contributed by atoms with E-state index < -0.39 is 11.5 Å². The van der Waals surface area contributed by atoms with Crippen LogP contribution in [0.25, 0.3) is 0 Å². The van der Waals surface area contributed by atoms with Gasteiger partial charge in [0, 0.05) is 30.8 Å². The van der Waals surface area contributed by atoms with Gasteiger partial charge in [0.05, 0.1) is 0 Å². The predicted octanol–water partition coefficient (Wildman–Crippen LogP) is 1.56. The Bertz CT molecular complexity index is 663. The maximum atomic E-state index is 12.3. The van der Waals surface area contributed by atoms with Crippen molar-refractivity contribution in [3.05, 3.63) is 35.4 Å². The summed E-state index contributed by atoms with van der Waals surface area (Å²) < 4.78 is 0. The zero-order valence-electron chi connectivity index (χ0n) is 14.2. The number of fused-ring (bicyclic) bond motifs is 1. The smallest absolute Gasteiger partial charge is 0.303 e. The van der Waals surface area contributed by atoms with Crippen LogP contribution in [0.15, 0.2) is 24.3 Å². The molecule has 1 aliphatic carbocycles. The van der Waals surface area contributed by atoms with Gasteiger partial charge in [-0.1, -0.05) is 24.3 Å². The molecule has 0 aromatic heterocycles. The lowest BCUT2D eigenvalue weighted by molar-refractivity contribution is -0.137. The van der Waals surface area contributed by atoms with Crippen LogP contribution in [0.5, 0.6) is 0 Å². The average Bonchev–Trinajstić information content (AvgIpc) is 3.14. The second-order valence-electron chi connectivity index (χ2n) is 7.16. The molecular weight excluding hydrogens is 320 g/mol. The Balaban J connectivity index is 1.50. The topological polar surface area (TPSA) is 95.5 Å². The lowest BCUT2D eigenvalue weighted by atomic mass is 9.86. The van der Waals surface area contributed by atoms with E-state index in [1.54, 1.807) is 0 Å². The lowest BCUT2D eigenvalue weighted by Gasteiger charge is -2.28. The molecule has 0 radical (unpaired) electrons. The first-order valence-electron chi connectivity index (χ1n) is 8.85. The summed E-state index contributed by atoms with van der Waals surface area (Å²) in [4.78, 5) is 34.8. The number of hydrogen-bond donors (Lipinski definition) is 3. The molecule has 1 aliphatic heterocycles. The van der Waals surface area contributed by atoms with E-state index in [0.717, 1.165) is 12.8 Å². The van der Waals surface area contributed by atoms with Crippen molar-refractivity contribution in [2.45, 2.75) is 62.9 Å². The van der Waals surface area contributed by atoms with Gasteiger partial charge in [-0.2, -0.15) is 0 Å². The lowest BCUT2D eigenvalue weighted by Crippen LogP contribution is -2.44. The van der Waals surface area contributed by atoms with Gasteiger partial charge in [-0.3, -0.25) is 14.4 Å². The molecule has 1 aromatic rings. The average molecular weight is 344 g/mol. The molecule has 1 saturated heterocycles. The van der Waals surface area contributed by atoms with Gasteiger partial charge in [0.2, 0.25) is 11.8 Å². The molecule has 3 N–H and O–H groups in total. The molecule has 25 heavy (non-hydrogen) atoms. The molecule has 3 rings (SSSR count). The van der Waals surface area contributed by atoms with Crippen molar-refractivity contribution in [1.29, 1.82) is 0 Å². The molecule has 0 saturated carbocycles. The molecule has 2 aliphatic rings. The standard InChI is InChI=1S/C19H24N2O4/c22-16(20-15-11-13-3-1-2-4-14(13)12-15)5-8-19(10-7-18(24)25)9-6-17(23)21-19/h1-4,15H,5-12H2,(H,20,22)(H,21,23)(H,24,25)/t19-/m0/s1. The SMILES string of the molecule is O=C(O)CC[C@]1(CCC(=O)NC2Cc3ccccc3C2)CCC(=O)N1. The molecule has 134 valence electrons. The van der Waals surface area contributed by atoms with E-state index in [-0.39, 0.29) is 24.3 Å². The summed E-state index contributed by atoms with van der Waals surface area (Å²) in [5, 5.41) is 14.9. The van der Waals surface area contributed by atoms with Gasteiger partial charge in [-0.05, 0) is 43.2 Å². The van der Waals surface area contributed by atoms with Gasteiger partial charge in [-0.25, -0.2) is 0 Å². The molecule has 1 heterocycles. The fraction of sp³-hybridized carbons (Fsp3) is 0.526. The highest BCUT2D eigenvalue weighted by molar-refractivity contribution is 5.80. The Morgan fingerprint density at radius 1 is 1.16 bits per heavy atom. The van der Waals surface area contributed by atoms with Crippen molar-refractivity contribution >= 4 is 17.8 Å². The number of carboxylic acids is 1. The maximum absolute atomic E-state index is 12.3. The number of aliphatic carboxylic acids is 1. The third kappa shape index (κ3) is 4.38. The van der Waals surface area contributed by atoms with Crippen molar-refractivity contribution in [1.82, 2.24) is 10.6 Å². The minimum absolute atomic E-state index is 0.000165. The number of benzene rings is 1. The van der Waals surface area contributed by atoms with Crippen LogP contribution in [0.3, 0.4) is 0 Å². The zero-order valence-corrected chi connectivity index (χ0v) is 14.2. The van der Waals surface area contributed by atoms with Crippen molar-refractivity contribution in [3.63, 3.8) is 0 Å². The Morgan fingerprint density at radius 3 is 2.36 bits per heavy atom. The van der Waals surface area contributed by atoms with Crippen LogP contribution in [-0.2, 0) is 27.2 Å². The van der Waals surface area contributed by atoms with Crippen LogP contribution in [0.4, 0.5) is 0 Å². The molecule has 0 bridgehead atoms. The highest BCUT2D eigenvalue weighted by Crippen LogP contribution is 2.30. The van der Waals surface area contributed by atoms with Crippen LogP contribution < -0.4 is 10.6 Å². The highest BCUT2D eigenvalue weighted by Gasteiger charge is 2.38. The quantitative estimate of drug-likeness (QED) is 0.699. The Morgan fingerprint density at radius 2 is 1.80 bits per heavy atom. The van der Waals surface area contributed by atoms with Gasteiger partial charge >= 0.3 is 5.97 Å². The molecular formula is C19H24N2O4. The van der Waals surface area contributed by atoms with Gasteiger partial charge in [0.15, 0.2) is 0 Å². The van der Waals surface area contributed by atoms with Gasteiger partial charge < -0.3 is 15.7 Å². The summed E-state index contributed by atoms with van der Waals surface area (Å²) >= 11 is 0. The van der Waals surface area contributed by atoms with E-state index in [4.69, 9.17) is 5.11 Å². The summed E-state index contributed by atoms with van der Waals surface area (Å²) in [6, 6.07) is 8.33. The van der Waals surface area contributed by atoms with E-state index in [2.05, 4.69) is 22.8 Å². The number of rotatable bonds is 7. The number of carboxylic acid groups (broad SMARTS) is 1. The Kier molecular flexibility index (Phi) is 5.06. The Labute approximate surface area is 147 Å². The maximum Gasteiger partial charge on any atom is 0.303 e. The number of nitrogens with one attached hydrogen (secondary N) is 2. The fourth-order valence-corrected chi connectivity index (χ4v) is 3.93. The van der Waals surface area contributed by atoms with Crippen LogP contribution >= 0.6 is 0 Å². The minimum Gasteiger partial charge on any atom is -0.481 e. The molecule has 2 amide bonds. The van der Waals surface area contributed by atoms with E-state index >= 15 is 0 Å². The van der Waals surface area contributed by atoms with Crippen LogP contribution in [0.1, 0.15) is 49.7 Å². The molecule has 1 aromatic carbocycles. The highest BCUT2D eigenvalue weighted by atomic mass is 16.4. The summed E-state index contributed by atoms with van der Waals surface area (Å²) in [5.74, 6) is -0.973. The molecule has 1 atom stereocenters. The molecule has 1 fully saturated rings. The number of hydrogen-bond acceptors (Lipinski definition) is 3. The number of carbonyl (C=O) groups excluding carboxylic acids is 2. The molecule has 0 spiro atoms. The second kappa shape index (κ2) is 7.25. The first kappa shape index (κ1) is 17.5. The van der Waals surface area contributed by atoms with E-state index in [9.17, 15) is 14.4 Å². The monoisotopic (exact) mass is 344 g/mol. The molecule has 6 nitrogen and oxygen atoms in total. The number of carbonyl (C=O) groups is 3. The van der Waals surface area contributed by atoms with Crippen LogP contribution in [-0.4, -0.2) is 34.5 Å². The number of amides is 2. The predicted molar refractivity (Wildman–Crippen MR) is 92.0 cm³/mol. The zero-order chi connectivity index (χ0) is 17.9. The van der Waals surface area contributed by atoms with Crippen molar-refractivity contribution in [2.24, 2.45) is 0 Å². The van der Waals surface area contributed by atoms with Gasteiger partial charge in [0.1, 0.15) is 0 Å². The fourth-order valence-electron chi connectivity index (χ4n) is 3.93. The summed E-state index contributed by atoms with van der Waals surface area (Å²) in [6.45, 7) is 0. The van der Waals surface area contributed by atoms with Crippen molar-refractivity contribution in [2.75, 3.05) is 0 Å². The Hall–Kier alpha value is -2.37. The van der Waals surface area contributed by atoms with Crippen LogP contribution in [0.2, 0.25) is 0 Å².